The number of rotatable bonds is 3. The Morgan fingerprint density at radius 1 is 1.14 bits per heavy atom. The Balaban J connectivity index is 1.94. The number of nitrogens with zero attached hydrogens (tertiary/aromatic N) is 1. The number of benzene rings is 1. The van der Waals surface area contributed by atoms with Gasteiger partial charge < -0.3 is 10.4 Å². The molecule has 28 heavy (non-hydrogen) atoms. The summed E-state index contributed by atoms with van der Waals surface area (Å²) in [4.78, 5) is 12.1. The number of aliphatic hydroxyl groups is 1. The van der Waals surface area contributed by atoms with Gasteiger partial charge in [0, 0.05) is 0 Å². The van der Waals surface area contributed by atoms with Crippen LogP contribution in [0.15, 0.2) is 24.3 Å². The van der Waals surface area contributed by atoms with E-state index in [9.17, 15) is 36.2 Å². The van der Waals surface area contributed by atoms with Gasteiger partial charge in [-0.25, -0.2) is 10.4 Å². The zero-order chi connectivity index (χ0) is 20.9. The first-order valence-corrected chi connectivity index (χ1v) is 8.46. The van der Waals surface area contributed by atoms with Gasteiger partial charge in [-0.3, -0.25) is 10.1 Å². The molecular weight excluding hydrogens is 394 g/mol. The van der Waals surface area contributed by atoms with E-state index in [-0.39, 0.29) is 6.42 Å². The summed E-state index contributed by atoms with van der Waals surface area (Å²) in [5, 5.41) is 15.3. The highest BCUT2D eigenvalue weighted by molar-refractivity contribution is 5.81. The van der Waals surface area contributed by atoms with Gasteiger partial charge in [0.25, 0.3) is 0 Å². The van der Waals surface area contributed by atoms with Crippen LogP contribution >= 0.6 is 0 Å². The predicted octanol–water partition coefficient (Wildman–Crippen LogP) is 1.85. The van der Waals surface area contributed by atoms with Gasteiger partial charge in [-0.05, 0) is 24.1 Å². The summed E-state index contributed by atoms with van der Waals surface area (Å²) in [5.74, 6) is -2.55. The quantitative estimate of drug-likeness (QED) is 0.571. The van der Waals surface area contributed by atoms with E-state index in [0.717, 1.165) is 17.1 Å². The number of alkyl halides is 6. The Morgan fingerprint density at radius 3 is 2.25 bits per heavy atom. The van der Waals surface area contributed by atoms with Gasteiger partial charge >= 0.3 is 12.4 Å². The van der Waals surface area contributed by atoms with Gasteiger partial charge in [0.1, 0.15) is 6.04 Å². The van der Waals surface area contributed by atoms with E-state index in [2.05, 4.69) is 10.7 Å². The highest BCUT2D eigenvalue weighted by Crippen LogP contribution is 2.39. The molecule has 4 N–H and O–H groups in total. The lowest BCUT2D eigenvalue weighted by atomic mass is 9.94. The van der Waals surface area contributed by atoms with Gasteiger partial charge in [0.15, 0.2) is 6.35 Å². The van der Waals surface area contributed by atoms with Gasteiger partial charge in [-0.15, -0.1) is 0 Å². The molecule has 5 unspecified atom stereocenters. The molecule has 3 rings (SSSR count). The molecule has 6 nitrogen and oxygen atoms in total. The SMILES string of the molecule is CCC(c1ccc(C(F)(F)F)cc1)N1NC(C(F)(F)F)C2C(=O)NC(O)NC21. The molecular formula is C16H18F6N4O2. The van der Waals surface area contributed by atoms with Crippen molar-refractivity contribution < 1.29 is 36.2 Å². The van der Waals surface area contributed by atoms with Crippen molar-refractivity contribution in [2.45, 2.75) is 50.3 Å². The molecule has 2 saturated heterocycles. The second-order valence-corrected chi connectivity index (χ2v) is 6.65. The van der Waals surface area contributed by atoms with Gasteiger partial charge in [-0.1, -0.05) is 19.1 Å². The molecule has 2 aliphatic heterocycles. The third-order valence-corrected chi connectivity index (χ3v) is 4.90. The highest BCUT2D eigenvalue weighted by atomic mass is 19.4. The van der Waals surface area contributed by atoms with Crippen LogP contribution < -0.4 is 16.1 Å². The number of hydrazine groups is 1. The monoisotopic (exact) mass is 412 g/mol. The third-order valence-electron chi connectivity index (χ3n) is 4.90. The maximum Gasteiger partial charge on any atom is 0.416 e. The second-order valence-electron chi connectivity index (χ2n) is 6.65. The number of amides is 1. The fourth-order valence-electron chi connectivity index (χ4n) is 3.64. The van der Waals surface area contributed by atoms with Crippen molar-refractivity contribution in [3.63, 3.8) is 0 Å². The molecule has 0 bridgehead atoms. The minimum Gasteiger partial charge on any atom is -0.361 e. The largest absolute Gasteiger partial charge is 0.416 e. The molecule has 0 radical (unpaired) electrons. The Morgan fingerprint density at radius 2 is 1.75 bits per heavy atom. The molecule has 2 fully saturated rings. The van der Waals surface area contributed by atoms with E-state index in [1.165, 1.54) is 12.1 Å². The first-order valence-electron chi connectivity index (χ1n) is 8.46. The van der Waals surface area contributed by atoms with E-state index in [0.29, 0.717) is 5.56 Å². The molecule has 1 aromatic carbocycles. The van der Waals surface area contributed by atoms with Crippen molar-refractivity contribution in [3.05, 3.63) is 35.4 Å². The van der Waals surface area contributed by atoms with Crippen molar-refractivity contribution in [2.24, 2.45) is 5.92 Å². The number of carbonyl (C=O) groups excluding carboxylic acids is 1. The van der Waals surface area contributed by atoms with Crippen LogP contribution in [0, 0.1) is 5.92 Å². The molecule has 1 amide bonds. The average molecular weight is 412 g/mol. The molecule has 0 aromatic heterocycles. The van der Waals surface area contributed by atoms with E-state index in [1.54, 1.807) is 6.92 Å². The standard InChI is InChI=1S/C16H18F6N4O2/c1-2-9(7-3-5-8(6-4-7)15(17,18)19)26-12-10(11(25-26)16(20,21)22)13(27)24-14(28)23-12/h3-6,9-12,14,23,25,28H,2H2,1H3,(H,24,27). The number of carbonyl (C=O) groups is 1. The van der Waals surface area contributed by atoms with Crippen LogP contribution in [-0.4, -0.2) is 40.8 Å². The molecule has 1 aromatic rings. The van der Waals surface area contributed by atoms with Crippen molar-refractivity contribution >= 4 is 5.91 Å². The number of aliphatic hydroxyl groups excluding tert-OH is 1. The van der Waals surface area contributed by atoms with E-state index < -0.39 is 54.3 Å². The fraction of sp³-hybridized carbons (Fsp3) is 0.562. The van der Waals surface area contributed by atoms with Gasteiger partial charge in [0.05, 0.1) is 23.7 Å². The Labute approximate surface area is 155 Å². The number of fused-ring (bicyclic) bond motifs is 1. The molecule has 2 aliphatic rings. The Kier molecular flexibility index (Phi) is 5.34. The summed E-state index contributed by atoms with van der Waals surface area (Å²) < 4.78 is 78.6. The van der Waals surface area contributed by atoms with Crippen LogP contribution in [0.3, 0.4) is 0 Å². The lowest BCUT2D eigenvalue weighted by Gasteiger charge is -2.38. The smallest absolute Gasteiger partial charge is 0.361 e. The number of hydrogen-bond acceptors (Lipinski definition) is 5. The molecule has 0 aliphatic carbocycles. The average Bonchev–Trinajstić information content (AvgIpc) is 2.95. The lowest BCUT2D eigenvalue weighted by molar-refractivity contribution is -0.172. The van der Waals surface area contributed by atoms with Crippen molar-refractivity contribution in [2.75, 3.05) is 0 Å². The van der Waals surface area contributed by atoms with E-state index in [4.69, 9.17) is 0 Å². The fourth-order valence-corrected chi connectivity index (χ4v) is 3.64. The summed E-state index contributed by atoms with van der Waals surface area (Å²) in [5.41, 5.74) is 1.73. The molecule has 156 valence electrons. The summed E-state index contributed by atoms with van der Waals surface area (Å²) in [6.45, 7) is 1.65. The zero-order valence-electron chi connectivity index (χ0n) is 14.5. The second kappa shape index (κ2) is 7.17. The number of nitrogens with one attached hydrogen (secondary N) is 3. The van der Waals surface area contributed by atoms with Gasteiger partial charge in [0.2, 0.25) is 5.91 Å². The summed E-state index contributed by atoms with van der Waals surface area (Å²) in [6, 6.07) is 1.10. The molecule has 2 heterocycles. The molecule has 0 spiro atoms. The normalized spacial score (nSPS) is 30.1. The van der Waals surface area contributed by atoms with Crippen LogP contribution in [0.25, 0.3) is 0 Å². The van der Waals surface area contributed by atoms with E-state index >= 15 is 0 Å². The Hall–Kier alpha value is -1.89. The van der Waals surface area contributed by atoms with Crippen LogP contribution in [0.4, 0.5) is 26.3 Å². The maximum absolute atomic E-state index is 13.4. The minimum atomic E-state index is -4.75. The van der Waals surface area contributed by atoms with Crippen molar-refractivity contribution in [3.8, 4) is 0 Å². The first-order chi connectivity index (χ1) is 12.9. The maximum atomic E-state index is 13.4. The first kappa shape index (κ1) is 20.8. The van der Waals surface area contributed by atoms with Crippen LogP contribution in [0.1, 0.15) is 30.5 Å². The summed E-state index contributed by atoms with van der Waals surface area (Å²) in [7, 11) is 0. The van der Waals surface area contributed by atoms with Crippen LogP contribution in [0.2, 0.25) is 0 Å². The summed E-state index contributed by atoms with van der Waals surface area (Å²) >= 11 is 0. The van der Waals surface area contributed by atoms with Crippen molar-refractivity contribution in [1.29, 1.82) is 0 Å². The topological polar surface area (TPSA) is 76.6 Å². The highest BCUT2D eigenvalue weighted by Gasteiger charge is 2.60. The predicted molar refractivity (Wildman–Crippen MR) is 83.9 cm³/mol. The number of halogens is 6. The molecule has 0 saturated carbocycles. The number of hydrogen-bond donors (Lipinski definition) is 4. The minimum absolute atomic E-state index is 0.242. The summed E-state index contributed by atoms with van der Waals surface area (Å²) in [6.07, 6.45) is -11.8. The van der Waals surface area contributed by atoms with Crippen molar-refractivity contribution in [1.82, 2.24) is 21.1 Å². The third kappa shape index (κ3) is 3.81. The molecule has 5 atom stereocenters. The van der Waals surface area contributed by atoms with Crippen LogP contribution in [0.5, 0.6) is 0 Å². The lowest BCUT2D eigenvalue weighted by Crippen LogP contribution is -2.65. The van der Waals surface area contributed by atoms with Crippen LogP contribution in [-0.2, 0) is 11.0 Å². The van der Waals surface area contributed by atoms with E-state index in [1.807, 2.05) is 5.32 Å². The zero-order valence-corrected chi connectivity index (χ0v) is 14.5. The molecule has 12 heteroatoms. The Bertz CT molecular complexity index is 723. The van der Waals surface area contributed by atoms with Gasteiger partial charge in [-0.2, -0.15) is 26.3 Å².